The summed E-state index contributed by atoms with van der Waals surface area (Å²) in [5.74, 6) is 0.904. The first-order valence-corrected chi connectivity index (χ1v) is 7.07. The monoisotopic (exact) mass is 226 g/mol. The number of hydrogen-bond acceptors (Lipinski definition) is 2. The highest BCUT2D eigenvalue weighted by Gasteiger charge is 2.31. The largest absolute Gasteiger partial charge is 0.326 e. The lowest BCUT2D eigenvalue weighted by Gasteiger charge is -2.42. The summed E-state index contributed by atoms with van der Waals surface area (Å²) in [6, 6.07) is 1.68. The Morgan fingerprint density at radius 1 is 1.31 bits per heavy atom. The van der Waals surface area contributed by atoms with Gasteiger partial charge in [0.1, 0.15) is 0 Å². The van der Waals surface area contributed by atoms with Gasteiger partial charge in [-0.05, 0) is 45.6 Å². The quantitative estimate of drug-likeness (QED) is 0.781. The molecule has 2 heteroatoms. The Morgan fingerprint density at radius 2 is 2.00 bits per heavy atom. The van der Waals surface area contributed by atoms with Gasteiger partial charge in [-0.3, -0.25) is 4.90 Å². The molecule has 0 aliphatic heterocycles. The zero-order valence-corrected chi connectivity index (χ0v) is 11.6. The Bertz CT molecular complexity index is 193. The molecule has 0 bridgehead atoms. The van der Waals surface area contributed by atoms with Crippen molar-refractivity contribution in [3.8, 4) is 0 Å². The van der Waals surface area contributed by atoms with Gasteiger partial charge in [0.25, 0.3) is 0 Å². The van der Waals surface area contributed by atoms with Gasteiger partial charge >= 0.3 is 0 Å². The second-order valence-electron chi connectivity index (χ2n) is 5.62. The summed E-state index contributed by atoms with van der Waals surface area (Å²) >= 11 is 0. The predicted octanol–water partition coefficient (Wildman–Crippen LogP) is 3.01. The highest BCUT2D eigenvalue weighted by atomic mass is 15.2. The molecule has 0 spiro atoms. The van der Waals surface area contributed by atoms with E-state index >= 15 is 0 Å². The third-order valence-electron chi connectivity index (χ3n) is 4.48. The van der Waals surface area contributed by atoms with Crippen LogP contribution in [0.1, 0.15) is 59.3 Å². The van der Waals surface area contributed by atoms with Gasteiger partial charge in [-0.2, -0.15) is 0 Å². The van der Waals surface area contributed by atoms with Crippen molar-refractivity contribution in [1.29, 1.82) is 0 Å². The molecule has 2 N–H and O–H groups in total. The molecule has 0 aromatic carbocycles. The van der Waals surface area contributed by atoms with Crippen LogP contribution in [-0.2, 0) is 0 Å². The zero-order valence-electron chi connectivity index (χ0n) is 11.6. The first kappa shape index (κ1) is 14.0. The van der Waals surface area contributed by atoms with Crippen LogP contribution < -0.4 is 5.73 Å². The zero-order chi connectivity index (χ0) is 12.1. The van der Waals surface area contributed by atoms with Crippen molar-refractivity contribution in [2.45, 2.75) is 77.4 Å². The fourth-order valence-corrected chi connectivity index (χ4v) is 3.04. The lowest BCUT2D eigenvalue weighted by Crippen LogP contribution is -2.52. The summed E-state index contributed by atoms with van der Waals surface area (Å²) in [7, 11) is 2.27. The van der Waals surface area contributed by atoms with Crippen LogP contribution in [0.15, 0.2) is 0 Å². The first-order chi connectivity index (χ1) is 7.60. The van der Waals surface area contributed by atoms with Crippen LogP contribution in [0.3, 0.4) is 0 Å². The number of nitrogens with zero attached hydrogens (tertiary/aromatic N) is 1. The van der Waals surface area contributed by atoms with Crippen molar-refractivity contribution in [3.05, 3.63) is 0 Å². The Hall–Kier alpha value is -0.0800. The average molecular weight is 226 g/mol. The van der Waals surface area contributed by atoms with E-state index < -0.39 is 0 Å². The summed E-state index contributed by atoms with van der Waals surface area (Å²) < 4.78 is 0. The van der Waals surface area contributed by atoms with Crippen molar-refractivity contribution in [2.75, 3.05) is 7.05 Å². The van der Waals surface area contributed by atoms with E-state index in [0.29, 0.717) is 18.1 Å². The maximum Gasteiger partial charge on any atom is 0.0249 e. The van der Waals surface area contributed by atoms with Gasteiger partial charge in [-0.1, -0.05) is 26.7 Å². The summed E-state index contributed by atoms with van der Waals surface area (Å²) in [6.45, 7) is 6.92. The standard InChI is InChI=1S/C14H30N2/c1-5-7-11(3)16(4)14-10-12(6-2)8-9-13(14)15/h11-14H,5-10,15H2,1-4H3. The average Bonchev–Trinajstić information content (AvgIpc) is 2.29. The molecule has 0 aromatic heterocycles. The molecular formula is C14H30N2. The highest BCUT2D eigenvalue weighted by molar-refractivity contribution is 4.89. The van der Waals surface area contributed by atoms with Crippen LogP contribution in [0, 0.1) is 5.92 Å². The Kier molecular flexibility index (Phi) is 5.77. The van der Waals surface area contributed by atoms with E-state index in [-0.39, 0.29) is 0 Å². The Balaban J connectivity index is 2.54. The molecular weight excluding hydrogens is 196 g/mol. The van der Waals surface area contributed by atoms with Crippen LogP contribution in [0.4, 0.5) is 0 Å². The van der Waals surface area contributed by atoms with E-state index in [0.717, 1.165) is 5.92 Å². The number of hydrogen-bond donors (Lipinski definition) is 1. The highest BCUT2D eigenvalue weighted by Crippen LogP contribution is 2.29. The van der Waals surface area contributed by atoms with Crippen LogP contribution in [0.25, 0.3) is 0 Å². The topological polar surface area (TPSA) is 29.3 Å². The van der Waals surface area contributed by atoms with Gasteiger partial charge in [0, 0.05) is 18.1 Å². The van der Waals surface area contributed by atoms with Crippen LogP contribution >= 0.6 is 0 Å². The molecule has 96 valence electrons. The van der Waals surface area contributed by atoms with Gasteiger partial charge in [0.2, 0.25) is 0 Å². The van der Waals surface area contributed by atoms with Gasteiger partial charge < -0.3 is 5.73 Å². The third kappa shape index (κ3) is 3.46. The van der Waals surface area contributed by atoms with E-state index in [1.165, 1.54) is 38.5 Å². The minimum absolute atomic E-state index is 0.395. The molecule has 16 heavy (non-hydrogen) atoms. The Labute approximate surface area is 102 Å². The van der Waals surface area contributed by atoms with E-state index in [1.54, 1.807) is 0 Å². The molecule has 0 radical (unpaired) electrons. The second-order valence-corrected chi connectivity index (χ2v) is 5.62. The first-order valence-electron chi connectivity index (χ1n) is 7.07. The molecule has 1 rings (SSSR count). The summed E-state index contributed by atoms with van der Waals surface area (Å²) in [5.41, 5.74) is 6.29. The third-order valence-corrected chi connectivity index (χ3v) is 4.48. The van der Waals surface area contributed by atoms with Crippen LogP contribution in [0.5, 0.6) is 0 Å². The van der Waals surface area contributed by atoms with Crippen LogP contribution in [-0.4, -0.2) is 30.1 Å². The van der Waals surface area contributed by atoms with Gasteiger partial charge in [0.05, 0.1) is 0 Å². The molecule has 0 amide bonds. The van der Waals surface area contributed by atoms with Crippen molar-refractivity contribution in [1.82, 2.24) is 4.90 Å². The smallest absolute Gasteiger partial charge is 0.0249 e. The number of rotatable bonds is 5. The van der Waals surface area contributed by atoms with Gasteiger partial charge in [0.15, 0.2) is 0 Å². The molecule has 1 aliphatic carbocycles. The Morgan fingerprint density at radius 3 is 2.56 bits per heavy atom. The van der Waals surface area contributed by atoms with Crippen molar-refractivity contribution in [3.63, 3.8) is 0 Å². The van der Waals surface area contributed by atoms with Crippen LogP contribution in [0.2, 0.25) is 0 Å². The minimum Gasteiger partial charge on any atom is -0.326 e. The molecule has 4 atom stereocenters. The number of likely N-dealkylation sites (N-methyl/N-ethyl adjacent to an activating group) is 1. The lowest BCUT2D eigenvalue weighted by atomic mass is 9.80. The second kappa shape index (κ2) is 6.61. The lowest BCUT2D eigenvalue weighted by molar-refractivity contribution is 0.0983. The van der Waals surface area contributed by atoms with E-state index in [4.69, 9.17) is 5.73 Å². The molecule has 0 heterocycles. The van der Waals surface area contributed by atoms with Crippen molar-refractivity contribution >= 4 is 0 Å². The normalized spacial score (nSPS) is 33.0. The molecule has 1 saturated carbocycles. The van der Waals surface area contributed by atoms with Gasteiger partial charge in [-0.25, -0.2) is 0 Å². The predicted molar refractivity (Wildman–Crippen MR) is 71.5 cm³/mol. The van der Waals surface area contributed by atoms with Crippen molar-refractivity contribution in [2.24, 2.45) is 11.7 Å². The summed E-state index contributed by atoms with van der Waals surface area (Å²) in [4.78, 5) is 2.54. The van der Waals surface area contributed by atoms with Gasteiger partial charge in [-0.15, -0.1) is 0 Å². The fourth-order valence-electron chi connectivity index (χ4n) is 3.04. The maximum atomic E-state index is 6.29. The summed E-state index contributed by atoms with van der Waals surface area (Å²) in [5, 5.41) is 0. The number of nitrogens with two attached hydrogens (primary N) is 1. The summed E-state index contributed by atoms with van der Waals surface area (Å²) in [6.07, 6.45) is 7.74. The minimum atomic E-state index is 0.395. The SMILES string of the molecule is CCCC(C)N(C)C1CC(CC)CCC1N. The molecule has 1 aliphatic rings. The van der Waals surface area contributed by atoms with E-state index in [1.807, 2.05) is 0 Å². The van der Waals surface area contributed by atoms with E-state index in [9.17, 15) is 0 Å². The fraction of sp³-hybridized carbons (Fsp3) is 1.00. The molecule has 4 unspecified atom stereocenters. The van der Waals surface area contributed by atoms with E-state index in [2.05, 4.69) is 32.7 Å². The molecule has 0 saturated heterocycles. The maximum absolute atomic E-state index is 6.29. The molecule has 1 fully saturated rings. The van der Waals surface area contributed by atoms with Crippen molar-refractivity contribution < 1.29 is 0 Å². The molecule has 2 nitrogen and oxygen atoms in total. The molecule has 0 aromatic rings.